The molecule has 0 aliphatic heterocycles. The van der Waals surface area contributed by atoms with Gasteiger partial charge in [0.05, 0.1) is 18.4 Å². The summed E-state index contributed by atoms with van der Waals surface area (Å²) in [6.45, 7) is 3.87. The van der Waals surface area contributed by atoms with Crippen molar-refractivity contribution in [3.63, 3.8) is 0 Å². The molecular weight excluding hydrogens is 418 g/mol. The van der Waals surface area contributed by atoms with Crippen molar-refractivity contribution in [2.45, 2.75) is 46.1 Å². The zero-order valence-corrected chi connectivity index (χ0v) is 19.1. The molecule has 0 saturated carbocycles. The van der Waals surface area contributed by atoms with E-state index in [1.54, 1.807) is 24.3 Å². The van der Waals surface area contributed by atoms with E-state index in [4.69, 9.17) is 0 Å². The van der Waals surface area contributed by atoms with E-state index in [1.807, 2.05) is 13.8 Å². The summed E-state index contributed by atoms with van der Waals surface area (Å²) in [5, 5.41) is 7.44. The summed E-state index contributed by atoms with van der Waals surface area (Å²) in [6.07, 6.45) is 3.50. The van der Waals surface area contributed by atoms with Gasteiger partial charge in [0.15, 0.2) is 0 Å². The average Bonchev–Trinajstić information content (AvgIpc) is 2.82. The van der Waals surface area contributed by atoms with Crippen molar-refractivity contribution in [1.82, 2.24) is 9.78 Å². The van der Waals surface area contributed by atoms with E-state index in [-0.39, 0.29) is 18.0 Å². The molecular formula is C26H27N3O4. The van der Waals surface area contributed by atoms with Gasteiger partial charge in [-0.1, -0.05) is 17.7 Å². The lowest BCUT2D eigenvalue weighted by atomic mass is 9.88. The Morgan fingerprint density at radius 2 is 1.73 bits per heavy atom. The second-order valence-electron chi connectivity index (χ2n) is 8.41. The number of nitrogens with zero attached hydrogens (tertiary/aromatic N) is 2. The summed E-state index contributed by atoms with van der Waals surface area (Å²) >= 11 is 0. The second kappa shape index (κ2) is 9.40. The third-order valence-corrected chi connectivity index (χ3v) is 6.00. The first kappa shape index (κ1) is 22.5. The highest BCUT2D eigenvalue weighted by Gasteiger charge is 2.23. The summed E-state index contributed by atoms with van der Waals surface area (Å²) in [5.41, 5.74) is 6.48. The van der Waals surface area contributed by atoms with Gasteiger partial charge < -0.3 is 10.1 Å². The van der Waals surface area contributed by atoms with Crippen molar-refractivity contribution in [3.05, 3.63) is 80.6 Å². The van der Waals surface area contributed by atoms with Gasteiger partial charge >= 0.3 is 5.97 Å². The first-order chi connectivity index (χ1) is 15.9. The van der Waals surface area contributed by atoms with Crippen LogP contribution in [0.2, 0.25) is 0 Å². The molecule has 3 aromatic rings. The number of ether oxygens (including phenoxy) is 1. The number of amides is 1. The monoisotopic (exact) mass is 445 g/mol. The number of fused-ring (bicyclic) bond motifs is 1. The fourth-order valence-electron chi connectivity index (χ4n) is 4.24. The van der Waals surface area contributed by atoms with Crippen LogP contribution in [0.5, 0.6) is 0 Å². The number of nitrogens with one attached hydrogen (secondary N) is 1. The van der Waals surface area contributed by atoms with E-state index in [1.165, 1.54) is 11.8 Å². The van der Waals surface area contributed by atoms with Gasteiger partial charge in [0, 0.05) is 16.8 Å². The number of aryl methyl sites for hydroxylation is 2. The van der Waals surface area contributed by atoms with Crippen molar-refractivity contribution < 1.29 is 14.3 Å². The van der Waals surface area contributed by atoms with Gasteiger partial charge in [0.2, 0.25) is 5.91 Å². The molecule has 0 radical (unpaired) electrons. The molecule has 7 nitrogen and oxygen atoms in total. The van der Waals surface area contributed by atoms with Crippen LogP contribution in [0, 0.1) is 13.8 Å². The maximum Gasteiger partial charge on any atom is 0.337 e. The predicted molar refractivity (Wildman–Crippen MR) is 126 cm³/mol. The van der Waals surface area contributed by atoms with E-state index in [9.17, 15) is 14.4 Å². The molecule has 0 bridgehead atoms. The van der Waals surface area contributed by atoms with Crippen LogP contribution in [-0.2, 0) is 28.9 Å². The average molecular weight is 446 g/mol. The maximum absolute atomic E-state index is 13.2. The minimum Gasteiger partial charge on any atom is -0.465 e. The highest BCUT2D eigenvalue weighted by atomic mass is 16.5. The number of aromatic nitrogens is 2. The third-order valence-electron chi connectivity index (χ3n) is 6.00. The Morgan fingerprint density at radius 3 is 2.42 bits per heavy atom. The number of hydrogen-bond donors (Lipinski definition) is 1. The number of benzene rings is 2. The molecule has 1 aromatic heterocycles. The quantitative estimate of drug-likeness (QED) is 0.603. The lowest BCUT2D eigenvalue weighted by molar-refractivity contribution is -0.117. The van der Waals surface area contributed by atoms with Crippen LogP contribution in [0.1, 0.15) is 45.5 Å². The van der Waals surface area contributed by atoms with E-state index in [0.29, 0.717) is 17.7 Å². The summed E-state index contributed by atoms with van der Waals surface area (Å²) in [4.78, 5) is 37.5. The molecule has 33 heavy (non-hydrogen) atoms. The molecule has 1 heterocycles. The number of hydrogen-bond acceptors (Lipinski definition) is 5. The van der Waals surface area contributed by atoms with Gasteiger partial charge in [-0.25, -0.2) is 9.48 Å². The first-order valence-electron chi connectivity index (χ1n) is 11.1. The van der Waals surface area contributed by atoms with Gasteiger partial charge in [0.1, 0.15) is 6.54 Å². The largest absolute Gasteiger partial charge is 0.465 e. The zero-order chi connectivity index (χ0) is 23.5. The molecule has 7 heteroatoms. The van der Waals surface area contributed by atoms with Crippen molar-refractivity contribution >= 4 is 17.6 Å². The Balaban J connectivity index is 1.65. The SMILES string of the molecule is COC(=O)c1ccc(NC(=O)Cn2nc(-c3cc(C)ccc3C)c3c(c2=O)CCCC3)cc1. The number of methoxy groups -OCH3 is 1. The smallest absolute Gasteiger partial charge is 0.337 e. The Bertz CT molecular complexity index is 1280. The number of carbonyl (C=O) groups excluding carboxylic acids is 2. The minimum absolute atomic E-state index is 0.192. The van der Waals surface area contributed by atoms with Crippen molar-refractivity contribution in [1.29, 1.82) is 0 Å². The van der Waals surface area contributed by atoms with Crippen LogP contribution < -0.4 is 10.9 Å². The summed E-state index contributed by atoms with van der Waals surface area (Å²) in [6, 6.07) is 12.6. The molecule has 0 atom stereocenters. The zero-order valence-electron chi connectivity index (χ0n) is 19.1. The molecule has 0 unspecified atom stereocenters. The number of anilines is 1. The Kier molecular flexibility index (Phi) is 6.40. The predicted octanol–water partition coefficient (Wildman–Crippen LogP) is 3.83. The van der Waals surface area contributed by atoms with Gasteiger partial charge in [0.25, 0.3) is 5.56 Å². The molecule has 0 fully saturated rings. The maximum atomic E-state index is 13.2. The second-order valence-corrected chi connectivity index (χ2v) is 8.41. The minimum atomic E-state index is -0.448. The molecule has 1 aliphatic rings. The fraction of sp³-hybridized carbons (Fsp3) is 0.308. The number of carbonyl (C=O) groups is 2. The van der Waals surface area contributed by atoms with Crippen LogP contribution in [0.3, 0.4) is 0 Å². The molecule has 4 rings (SSSR count). The van der Waals surface area contributed by atoms with E-state index >= 15 is 0 Å². The molecule has 170 valence electrons. The Hall–Kier alpha value is -3.74. The van der Waals surface area contributed by atoms with Gasteiger partial charge in [-0.05, 0) is 81.0 Å². The normalized spacial score (nSPS) is 12.7. The lowest BCUT2D eigenvalue weighted by Crippen LogP contribution is -2.34. The molecule has 1 aliphatic carbocycles. The third kappa shape index (κ3) is 4.72. The molecule has 2 aromatic carbocycles. The van der Waals surface area contributed by atoms with E-state index < -0.39 is 5.97 Å². The lowest BCUT2D eigenvalue weighted by Gasteiger charge is -2.21. The van der Waals surface area contributed by atoms with Crippen LogP contribution >= 0.6 is 0 Å². The van der Waals surface area contributed by atoms with Crippen LogP contribution in [0.25, 0.3) is 11.3 Å². The fourth-order valence-corrected chi connectivity index (χ4v) is 4.24. The number of rotatable bonds is 5. The highest BCUT2D eigenvalue weighted by molar-refractivity contribution is 5.93. The van der Waals surface area contributed by atoms with Crippen molar-refractivity contribution in [3.8, 4) is 11.3 Å². The topological polar surface area (TPSA) is 90.3 Å². The van der Waals surface area contributed by atoms with Gasteiger partial charge in [-0.15, -0.1) is 0 Å². The van der Waals surface area contributed by atoms with Gasteiger partial charge in [-0.2, -0.15) is 5.10 Å². The van der Waals surface area contributed by atoms with E-state index in [0.717, 1.165) is 52.8 Å². The van der Waals surface area contributed by atoms with Gasteiger partial charge in [-0.3, -0.25) is 9.59 Å². The summed E-state index contributed by atoms with van der Waals surface area (Å²) in [5.74, 6) is -0.810. The highest BCUT2D eigenvalue weighted by Crippen LogP contribution is 2.30. The number of esters is 1. The molecule has 1 N–H and O–H groups in total. The molecule has 0 spiro atoms. The molecule has 1 amide bonds. The Labute approximate surface area is 192 Å². The van der Waals surface area contributed by atoms with Crippen molar-refractivity contribution in [2.75, 3.05) is 12.4 Å². The van der Waals surface area contributed by atoms with Crippen LogP contribution in [0.15, 0.2) is 47.3 Å². The Morgan fingerprint density at radius 1 is 1.03 bits per heavy atom. The summed E-state index contributed by atoms with van der Waals surface area (Å²) in [7, 11) is 1.31. The molecule has 0 saturated heterocycles. The first-order valence-corrected chi connectivity index (χ1v) is 11.1. The van der Waals surface area contributed by atoms with Crippen molar-refractivity contribution in [2.24, 2.45) is 0 Å². The van der Waals surface area contributed by atoms with Crippen LogP contribution in [-0.4, -0.2) is 28.8 Å². The van der Waals surface area contributed by atoms with E-state index in [2.05, 4.69) is 33.4 Å². The standard InChI is InChI=1S/C26H27N3O4/c1-16-8-9-17(2)22(14-16)24-20-6-4-5-7-21(20)25(31)29(28-24)15-23(30)27-19-12-10-18(11-13-19)26(32)33-3/h8-14H,4-7,15H2,1-3H3,(H,27,30). The van der Waals surface area contributed by atoms with Crippen LogP contribution in [0.4, 0.5) is 5.69 Å². The summed E-state index contributed by atoms with van der Waals surface area (Å²) < 4.78 is 5.96.